The Hall–Kier alpha value is -4.24. The van der Waals surface area contributed by atoms with Gasteiger partial charge in [-0.3, -0.25) is 9.78 Å². The van der Waals surface area contributed by atoms with Gasteiger partial charge < -0.3 is 25.8 Å². The second kappa shape index (κ2) is 10.1. The molecule has 2 aliphatic carbocycles. The molecule has 3 aromatic heterocycles. The molecule has 0 aliphatic heterocycles. The number of anilines is 1. The highest BCUT2D eigenvalue weighted by Crippen LogP contribution is 2.52. The van der Waals surface area contributed by atoms with Gasteiger partial charge in [0.25, 0.3) is 5.91 Å². The van der Waals surface area contributed by atoms with Crippen LogP contribution in [0.2, 0.25) is 0 Å². The fraction of sp³-hybridized carbons (Fsp3) is 0.464. The largest absolute Gasteiger partial charge is 0.453 e. The quantitative estimate of drug-likeness (QED) is 0.334. The minimum Gasteiger partial charge on any atom is -0.453 e. The summed E-state index contributed by atoms with van der Waals surface area (Å²) in [5.74, 6) is -0.531. The zero-order valence-corrected chi connectivity index (χ0v) is 22.6. The van der Waals surface area contributed by atoms with Crippen molar-refractivity contribution in [1.29, 1.82) is 5.26 Å². The highest BCUT2D eigenvalue weighted by molar-refractivity contribution is 6.00. The number of nitrogens with one attached hydrogen (secondary N) is 3. The maximum Gasteiger partial charge on any atom is 0.407 e. The standard InChI is InChI=1S/C28H32FN7O4/c1-26(2,39)23(29)15-32-24(37)19-14-31-21(22-5-4-18-10-17(12-30)13-33-36(18)22)11-20(19)34-27-6-8-28(16-27,9-7-27)35-25(38)40-3/h4-5,10-11,13-14,23,39H,6-9,15-16H2,1-3H3,(H,31,34)(H,32,37)(H,35,38)/t23-,27?,28?/m1/s1. The first kappa shape index (κ1) is 27.3. The molecule has 4 N–H and O–H groups in total. The number of carbonyl (C=O) groups is 2. The molecular weight excluding hydrogens is 517 g/mol. The molecule has 210 valence electrons. The lowest BCUT2D eigenvalue weighted by molar-refractivity contribution is -0.00177. The van der Waals surface area contributed by atoms with Gasteiger partial charge in [-0.25, -0.2) is 13.7 Å². The molecule has 3 aromatic rings. The molecular formula is C28H32FN7O4. The lowest BCUT2D eigenvalue weighted by atomic mass is 9.91. The monoisotopic (exact) mass is 549 g/mol. The number of fused-ring (bicyclic) bond motifs is 3. The number of amides is 2. The van der Waals surface area contributed by atoms with Crippen molar-refractivity contribution in [2.45, 2.75) is 68.8 Å². The number of methoxy groups -OCH3 is 1. The van der Waals surface area contributed by atoms with Crippen molar-refractivity contribution in [2.24, 2.45) is 0 Å². The molecule has 11 nitrogen and oxygen atoms in total. The van der Waals surface area contributed by atoms with Gasteiger partial charge >= 0.3 is 6.09 Å². The Labute approximate surface area is 230 Å². The fourth-order valence-corrected chi connectivity index (χ4v) is 5.76. The van der Waals surface area contributed by atoms with E-state index in [0.29, 0.717) is 29.1 Å². The molecule has 2 aliphatic rings. The lowest BCUT2D eigenvalue weighted by Crippen LogP contribution is -2.44. The number of pyridine rings is 1. The normalized spacial score (nSPS) is 22.5. The maximum absolute atomic E-state index is 14.4. The second-order valence-electron chi connectivity index (χ2n) is 11.3. The Morgan fingerprint density at radius 3 is 2.62 bits per heavy atom. The molecule has 3 heterocycles. The van der Waals surface area contributed by atoms with Crippen molar-refractivity contribution >= 4 is 23.2 Å². The molecule has 2 amide bonds. The predicted octanol–water partition coefficient (Wildman–Crippen LogP) is 3.33. The number of hydrogen-bond donors (Lipinski definition) is 4. The van der Waals surface area contributed by atoms with E-state index in [4.69, 9.17) is 4.74 Å². The second-order valence-corrected chi connectivity index (χ2v) is 11.3. The number of carbonyl (C=O) groups excluding carboxylic acids is 2. The van der Waals surface area contributed by atoms with Crippen LogP contribution in [0, 0.1) is 11.3 Å². The summed E-state index contributed by atoms with van der Waals surface area (Å²) in [5.41, 5.74) is 0.748. The van der Waals surface area contributed by atoms with E-state index in [9.17, 15) is 24.3 Å². The molecule has 2 saturated carbocycles. The van der Waals surface area contributed by atoms with Crippen molar-refractivity contribution in [1.82, 2.24) is 25.2 Å². The lowest BCUT2D eigenvalue weighted by Gasteiger charge is -2.30. The van der Waals surface area contributed by atoms with E-state index in [2.05, 4.69) is 32.1 Å². The van der Waals surface area contributed by atoms with E-state index in [-0.39, 0.29) is 23.2 Å². The fourth-order valence-electron chi connectivity index (χ4n) is 5.76. The minimum absolute atomic E-state index is 0.229. The van der Waals surface area contributed by atoms with E-state index in [0.717, 1.165) is 31.2 Å². The molecule has 0 aromatic carbocycles. The first-order chi connectivity index (χ1) is 19.0. The molecule has 2 bridgehead atoms. The van der Waals surface area contributed by atoms with Crippen molar-refractivity contribution in [3.05, 3.63) is 47.8 Å². The topological polar surface area (TPSA) is 154 Å². The Bertz CT molecular complexity index is 1500. The van der Waals surface area contributed by atoms with Crippen LogP contribution >= 0.6 is 0 Å². The van der Waals surface area contributed by atoms with Gasteiger partial charge in [0, 0.05) is 17.3 Å². The van der Waals surface area contributed by atoms with Gasteiger partial charge in [-0.2, -0.15) is 10.4 Å². The summed E-state index contributed by atoms with van der Waals surface area (Å²) in [4.78, 5) is 29.8. The van der Waals surface area contributed by atoms with Crippen LogP contribution in [0.15, 0.2) is 36.7 Å². The Kier molecular flexibility index (Phi) is 6.87. The number of aliphatic hydroxyl groups is 1. The Morgan fingerprint density at radius 2 is 1.95 bits per heavy atom. The molecule has 12 heteroatoms. The van der Waals surface area contributed by atoms with Crippen molar-refractivity contribution in [3.63, 3.8) is 0 Å². The van der Waals surface area contributed by atoms with E-state index >= 15 is 0 Å². The molecule has 40 heavy (non-hydrogen) atoms. The van der Waals surface area contributed by atoms with E-state index < -0.39 is 23.8 Å². The zero-order chi connectivity index (χ0) is 28.7. The number of hydrogen-bond acceptors (Lipinski definition) is 8. The van der Waals surface area contributed by atoms with Gasteiger partial charge in [0.1, 0.15) is 12.2 Å². The van der Waals surface area contributed by atoms with Gasteiger partial charge in [-0.15, -0.1) is 0 Å². The van der Waals surface area contributed by atoms with Gasteiger partial charge in [-0.1, -0.05) is 0 Å². The Morgan fingerprint density at radius 1 is 1.23 bits per heavy atom. The van der Waals surface area contributed by atoms with Crippen LogP contribution in [0.1, 0.15) is 61.9 Å². The summed E-state index contributed by atoms with van der Waals surface area (Å²) < 4.78 is 20.9. The number of nitrogens with zero attached hydrogens (tertiary/aromatic N) is 4. The molecule has 0 saturated heterocycles. The molecule has 5 rings (SSSR count). The average molecular weight is 550 g/mol. The smallest absolute Gasteiger partial charge is 0.407 e. The van der Waals surface area contributed by atoms with Crippen molar-refractivity contribution < 1.29 is 23.8 Å². The van der Waals surface area contributed by atoms with Crippen LogP contribution in [-0.2, 0) is 4.74 Å². The Balaban J connectivity index is 1.48. The van der Waals surface area contributed by atoms with E-state index in [1.165, 1.54) is 33.4 Å². The van der Waals surface area contributed by atoms with E-state index in [1.54, 1.807) is 16.6 Å². The minimum atomic E-state index is -1.66. The van der Waals surface area contributed by atoms with Crippen molar-refractivity contribution in [2.75, 3.05) is 19.0 Å². The third-order valence-corrected chi connectivity index (χ3v) is 8.04. The van der Waals surface area contributed by atoms with Crippen LogP contribution in [-0.4, -0.2) is 68.2 Å². The average Bonchev–Trinajstić information content (AvgIpc) is 3.61. The van der Waals surface area contributed by atoms with Crippen LogP contribution in [0.4, 0.5) is 14.9 Å². The molecule has 1 atom stereocenters. The van der Waals surface area contributed by atoms with Gasteiger partial charge in [0.2, 0.25) is 0 Å². The summed E-state index contributed by atoms with van der Waals surface area (Å²) >= 11 is 0. The maximum atomic E-state index is 14.4. The summed E-state index contributed by atoms with van der Waals surface area (Å²) in [6.45, 7) is 2.32. The number of rotatable bonds is 8. The first-order valence-corrected chi connectivity index (χ1v) is 13.1. The highest BCUT2D eigenvalue weighted by atomic mass is 19.1. The SMILES string of the molecule is COC(=O)NC12CCC(Nc3cc(-c4ccc5cc(C#N)cnn45)ncc3C(=O)NC[C@@H](F)C(C)(C)O)(CC1)C2. The van der Waals surface area contributed by atoms with E-state index in [1.807, 2.05) is 12.1 Å². The number of nitriles is 1. The van der Waals surface area contributed by atoms with Gasteiger partial charge in [0.15, 0.2) is 0 Å². The third-order valence-electron chi connectivity index (χ3n) is 8.04. The summed E-state index contributed by atoms with van der Waals surface area (Å²) in [7, 11) is 1.34. The zero-order valence-electron chi connectivity index (χ0n) is 22.6. The molecule has 0 unspecified atom stereocenters. The van der Waals surface area contributed by atoms with Crippen LogP contribution < -0.4 is 16.0 Å². The number of alkyl halides is 1. The summed E-state index contributed by atoms with van der Waals surface area (Å²) in [5, 5.41) is 32.7. The van der Waals surface area contributed by atoms with Gasteiger partial charge in [0.05, 0.1) is 59.2 Å². The summed E-state index contributed by atoms with van der Waals surface area (Å²) in [6, 6.07) is 9.23. The number of halogens is 1. The molecule has 0 spiro atoms. The first-order valence-electron chi connectivity index (χ1n) is 13.1. The van der Waals surface area contributed by atoms with Crippen molar-refractivity contribution in [3.8, 4) is 17.5 Å². The number of ether oxygens (including phenoxy) is 1. The molecule has 2 fully saturated rings. The number of aromatic nitrogens is 3. The predicted molar refractivity (Wildman–Crippen MR) is 144 cm³/mol. The summed E-state index contributed by atoms with van der Waals surface area (Å²) in [6.07, 6.45) is 4.50. The van der Waals surface area contributed by atoms with Crippen LogP contribution in [0.5, 0.6) is 0 Å². The third kappa shape index (κ3) is 5.16. The number of alkyl carbamates (subject to hydrolysis) is 1. The van der Waals surface area contributed by atoms with Crippen LogP contribution in [0.3, 0.4) is 0 Å². The molecule has 0 radical (unpaired) electrons. The van der Waals surface area contributed by atoms with Gasteiger partial charge in [-0.05, 0) is 70.2 Å². The highest BCUT2D eigenvalue weighted by Gasteiger charge is 2.55. The van der Waals surface area contributed by atoms with Crippen LogP contribution in [0.25, 0.3) is 16.9 Å².